The molecular weight excluding hydrogens is 264 g/mol. The first-order valence-electron chi connectivity index (χ1n) is 6.57. The summed E-state index contributed by atoms with van der Waals surface area (Å²) in [6.45, 7) is 0. The van der Waals surface area contributed by atoms with Gasteiger partial charge in [0.05, 0.1) is 5.56 Å². The van der Waals surface area contributed by atoms with Crippen LogP contribution in [0.5, 0.6) is 17.2 Å². The van der Waals surface area contributed by atoms with Crippen LogP contribution in [0, 0.1) is 0 Å². The second-order valence-corrected chi connectivity index (χ2v) is 4.74. The monoisotopic (exact) mass is 278 g/mol. The standard InChI is InChI=1S/C18H14O3/c19-15-10-11-16(20)18(21)17(15)14-9-5-4-8-13(14)12-6-2-1-3-7-12/h1-11,19-21H. The Morgan fingerprint density at radius 3 is 1.81 bits per heavy atom. The molecule has 3 aromatic rings. The Kier molecular flexibility index (Phi) is 3.24. The Bertz CT molecular complexity index is 780. The van der Waals surface area contributed by atoms with Crippen molar-refractivity contribution in [1.29, 1.82) is 0 Å². The molecule has 21 heavy (non-hydrogen) atoms. The summed E-state index contributed by atoms with van der Waals surface area (Å²) in [5.41, 5.74) is 2.73. The maximum absolute atomic E-state index is 10.1. The van der Waals surface area contributed by atoms with Gasteiger partial charge in [-0.05, 0) is 28.8 Å². The van der Waals surface area contributed by atoms with E-state index in [9.17, 15) is 15.3 Å². The van der Waals surface area contributed by atoms with Gasteiger partial charge in [-0.25, -0.2) is 0 Å². The maximum Gasteiger partial charge on any atom is 0.169 e. The van der Waals surface area contributed by atoms with Gasteiger partial charge in [0, 0.05) is 0 Å². The fraction of sp³-hybridized carbons (Fsp3) is 0. The van der Waals surface area contributed by atoms with Gasteiger partial charge < -0.3 is 15.3 Å². The van der Waals surface area contributed by atoms with Crippen molar-refractivity contribution in [3.05, 3.63) is 66.7 Å². The number of phenolic OH excluding ortho intramolecular Hbond substituents is 3. The van der Waals surface area contributed by atoms with Gasteiger partial charge in [0.15, 0.2) is 11.5 Å². The Hall–Kier alpha value is -2.94. The van der Waals surface area contributed by atoms with Crippen molar-refractivity contribution in [3.8, 4) is 39.5 Å². The predicted octanol–water partition coefficient (Wildman–Crippen LogP) is 4.14. The molecule has 0 radical (unpaired) electrons. The zero-order valence-electron chi connectivity index (χ0n) is 11.2. The molecular formula is C18H14O3. The first-order valence-corrected chi connectivity index (χ1v) is 6.57. The van der Waals surface area contributed by atoms with Gasteiger partial charge in [-0.1, -0.05) is 54.6 Å². The number of aromatic hydroxyl groups is 3. The van der Waals surface area contributed by atoms with Crippen molar-refractivity contribution in [2.24, 2.45) is 0 Å². The molecule has 104 valence electrons. The molecule has 0 aromatic heterocycles. The molecule has 0 spiro atoms. The molecule has 3 N–H and O–H groups in total. The van der Waals surface area contributed by atoms with Gasteiger partial charge in [-0.3, -0.25) is 0 Å². The van der Waals surface area contributed by atoms with Crippen LogP contribution >= 0.6 is 0 Å². The lowest BCUT2D eigenvalue weighted by Crippen LogP contribution is -1.87. The van der Waals surface area contributed by atoms with Crippen LogP contribution in [-0.2, 0) is 0 Å². The summed E-state index contributed by atoms with van der Waals surface area (Å²) in [6.07, 6.45) is 0. The number of rotatable bonds is 2. The molecule has 3 aromatic carbocycles. The van der Waals surface area contributed by atoms with Crippen molar-refractivity contribution in [3.63, 3.8) is 0 Å². The summed E-state index contributed by atoms with van der Waals surface area (Å²) in [5, 5.41) is 29.8. The van der Waals surface area contributed by atoms with E-state index in [1.807, 2.05) is 48.5 Å². The van der Waals surface area contributed by atoms with E-state index in [0.29, 0.717) is 5.56 Å². The Balaban J connectivity index is 2.29. The van der Waals surface area contributed by atoms with Gasteiger partial charge in [-0.15, -0.1) is 0 Å². The topological polar surface area (TPSA) is 60.7 Å². The van der Waals surface area contributed by atoms with E-state index in [1.54, 1.807) is 6.07 Å². The van der Waals surface area contributed by atoms with Crippen molar-refractivity contribution in [2.45, 2.75) is 0 Å². The Labute approximate surface area is 122 Å². The van der Waals surface area contributed by atoms with Gasteiger partial charge in [0.1, 0.15) is 5.75 Å². The molecule has 3 nitrogen and oxygen atoms in total. The van der Waals surface area contributed by atoms with Gasteiger partial charge >= 0.3 is 0 Å². The molecule has 0 atom stereocenters. The molecule has 3 rings (SSSR count). The average molecular weight is 278 g/mol. The highest BCUT2D eigenvalue weighted by Crippen LogP contribution is 2.45. The summed E-state index contributed by atoms with van der Waals surface area (Å²) in [4.78, 5) is 0. The van der Waals surface area contributed by atoms with Crippen LogP contribution in [0.4, 0.5) is 0 Å². The van der Waals surface area contributed by atoms with Crippen LogP contribution in [-0.4, -0.2) is 15.3 Å². The van der Waals surface area contributed by atoms with Gasteiger partial charge in [0.25, 0.3) is 0 Å². The Morgan fingerprint density at radius 2 is 1.10 bits per heavy atom. The summed E-state index contributed by atoms with van der Waals surface area (Å²) < 4.78 is 0. The number of phenols is 3. The van der Waals surface area contributed by atoms with Crippen LogP contribution in [0.2, 0.25) is 0 Å². The summed E-state index contributed by atoms with van der Waals surface area (Å²) >= 11 is 0. The molecule has 0 aliphatic carbocycles. The zero-order valence-corrected chi connectivity index (χ0v) is 11.2. The SMILES string of the molecule is Oc1ccc(O)c(-c2ccccc2-c2ccccc2)c1O. The van der Waals surface area contributed by atoms with Crippen molar-refractivity contribution in [1.82, 2.24) is 0 Å². The Morgan fingerprint density at radius 1 is 0.524 bits per heavy atom. The molecule has 3 heteroatoms. The first-order chi connectivity index (χ1) is 10.2. The lowest BCUT2D eigenvalue weighted by Gasteiger charge is -2.13. The highest BCUT2D eigenvalue weighted by Gasteiger charge is 2.17. The van der Waals surface area contributed by atoms with Crippen LogP contribution in [0.1, 0.15) is 0 Å². The van der Waals surface area contributed by atoms with Crippen molar-refractivity contribution >= 4 is 0 Å². The van der Waals surface area contributed by atoms with E-state index in [1.165, 1.54) is 12.1 Å². The smallest absolute Gasteiger partial charge is 0.169 e. The molecule has 0 saturated carbocycles. The zero-order chi connectivity index (χ0) is 14.8. The van der Waals surface area contributed by atoms with E-state index in [4.69, 9.17) is 0 Å². The highest BCUT2D eigenvalue weighted by molar-refractivity contribution is 5.89. The molecule has 0 fully saturated rings. The first kappa shape index (κ1) is 13.1. The van der Waals surface area contributed by atoms with Crippen LogP contribution < -0.4 is 0 Å². The number of hydrogen-bond acceptors (Lipinski definition) is 3. The van der Waals surface area contributed by atoms with E-state index in [2.05, 4.69) is 0 Å². The fourth-order valence-corrected chi connectivity index (χ4v) is 2.41. The molecule has 0 aliphatic heterocycles. The third-order valence-corrected chi connectivity index (χ3v) is 3.42. The predicted molar refractivity (Wildman–Crippen MR) is 82.3 cm³/mol. The molecule has 0 bridgehead atoms. The van der Waals surface area contributed by atoms with Crippen LogP contribution in [0.15, 0.2) is 66.7 Å². The lowest BCUT2D eigenvalue weighted by atomic mass is 9.93. The molecule has 0 aliphatic rings. The second-order valence-electron chi connectivity index (χ2n) is 4.74. The largest absolute Gasteiger partial charge is 0.507 e. The molecule has 0 amide bonds. The van der Waals surface area contributed by atoms with Gasteiger partial charge in [-0.2, -0.15) is 0 Å². The average Bonchev–Trinajstić information content (AvgIpc) is 2.53. The summed E-state index contributed by atoms with van der Waals surface area (Å²) in [7, 11) is 0. The minimum Gasteiger partial charge on any atom is -0.507 e. The minimum absolute atomic E-state index is 0.0753. The van der Waals surface area contributed by atoms with Crippen molar-refractivity contribution in [2.75, 3.05) is 0 Å². The summed E-state index contributed by atoms with van der Waals surface area (Å²) in [5.74, 6) is -0.655. The number of hydrogen-bond donors (Lipinski definition) is 3. The molecule has 0 saturated heterocycles. The molecule has 0 heterocycles. The number of benzene rings is 3. The molecule has 0 unspecified atom stereocenters. The third kappa shape index (κ3) is 2.30. The quantitative estimate of drug-likeness (QED) is 0.487. The second kappa shape index (κ2) is 5.21. The maximum atomic E-state index is 10.1. The lowest BCUT2D eigenvalue weighted by molar-refractivity contribution is 0.399. The van der Waals surface area contributed by atoms with Gasteiger partial charge in [0.2, 0.25) is 0 Å². The van der Waals surface area contributed by atoms with Crippen LogP contribution in [0.3, 0.4) is 0 Å². The normalized spacial score (nSPS) is 10.5. The van der Waals surface area contributed by atoms with Crippen molar-refractivity contribution < 1.29 is 15.3 Å². The summed E-state index contributed by atoms with van der Waals surface area (Å²) in [6, 6.07) is 19.7. The van der Waals surface area contributed by atoms with E-state index < -0.39 is 0 Å². The third-order valence-electron chi connectivity index (χ3n) is 3.42. The van der Waals surface area contributed by atoms with E-state index >= 15 is 0 Å². The highest BCUT2D eigenvalue weighted by atomic mass is 16.3. The fourth-order valence-electron chi connectivity index (χ4n) is 2.41. The van der Waals surface area contributed by atoms with Crippen LogP contribution in [0.25, 0.3) is 22.3 Å². The van der Waals surface area contributed by atoms with E-state index in [0.717, 1.165) is 11.1 Å². The minimum atomic E-state index is -0.321. The van der Waals surface area contributed by atoms with E-state index in [-0.39, 0.29) is 22.8 Å².